The lowest BCUT2D eigenvalue weighted by molar-refractivity contribution is -0.125. The van der Waals surface area contributed by atoms with Gasteiger partial charge in [-0.05, 0) is 37.6 Å². The second-order valence-electron chi connectivity index (χ2n) is 3.96. The minimum Gasteiger partial charge on any atom is -0.358 e. The number of rotatable bonds is 4. The van der Waals surface area contributed by atoms with Crippen molar-refractivity contribution in [1.82, 2.24) is 5.32 Å². The second kappa shape index (κ2) is 5.32. The van der Waals surface area contributed by atoms with Crippen molar-refractivity contribution in [3.63, 3.8) is 0 Å². The van der Waals surface area contributed by atoms with Gasteiger partial charge in [0.1, 0.15) is 0 Å². The summed E-state index contributed by atoms with van der Waals surface area (Å²) in [6.45, 7) is 2.36. The van der Waals surface area contributed by atoms with Crippen LogP contribution >= 0.6 is 11.6 Å². The van der Waals surface area contributed by atoms with Crippen molar-refractivity contribution in [1.29, 1.82) is 0 Å². The molecule has 16 heavy (non-hydrogen) atoms. The van der Waals surface area contributed by atoms with Crippen molar-refractivity contribution in [2.24, 2.45) is 5.73 Å². The predicted molar refractivity (Wildman–Crippen MR) is 66.5 cm³/mol. The van der Waals surface area contributed by atoms with Crippen molar-refractivity contribution in [3.05, 3.63) is 34.9 Å². The van der Waals surface area contributed by atoms with Crippen LogP contribution in [0, 0.1) is 0 Å². The van der Waals surface area contributed by atoms with E-state index in [2.05, 4.69) is 5.32 Å². The average molecular weight is 241 g/mol. The molecule has 1 aromatic carbocycles. The number of carbonyl (C=O) groups is 1. The maximum atomic E-state index is 11.9. The number of hydrogen-bond acceptors (Lipinski definition) is 2. The Kier molecular flexibility index (Phi) is 4.33. The highest BCUT2D eigenvalue weighted by molar-refractivity contribution is 6.30. The van der Waals surface area contributed by atoms with Crippen LogP contribution in [0.25, 0.3) is 0 Å². The molecule has 0 heterocycles. The van der Waals surface area contributed by atoms with Crippen LogP contribution in [0.5, 0.6) is 0 Å². The number of amides is 1. The Bertz CT molecular complexity index is 364. The standard InChI is InChI=1S/C12H17ClN2O/c1-12(7-8-14,11(16)15-2)9-3-5-10(13)6-4-9/h3-6H,7-8,14H2,1-2H3,(H,15,16). The van der Waals surface area contributed by atoms with E-state index in [0.717, 1.165) is 5.56 Å². The minimum atomic E-state index is -0.589. The van der Waals surface area contributed by atoms with Gasteiger partial charge >= 0.3 is 0 Å². The zero-order chi connectivity index (χ0) is 12.2. The van der Waals surface area contributed by atoms with Gasteiger partial charge in [-0.15, -0.1) is 0 Å². The third-order valence-corrected chi connectivity index (χ3v) is 3.11. The van der Waals surface area contributed by atoms with E-state index in [4.69, 9.17) is 17.3 Å². The lowest BCUT2D eigenvalue weighted by atomic mass is 9.78. The van der Waals surface area contributed by atoms with Crippen LogP contribution < -0.4 is 11.1 Å². The van der Waals surface area contributed by atoms with Gasteiger partial charge in [-0.25, -0.2) is 0 Å². The van der Waals surface area contributed by atoms with E-state index in [0.29, 0.717) is 18.0 Å². The molecule has 0 aromatic heterocycles. The highest BCUT2D eigenvalue weighted by Crippen LogP contribution is 2.28. The summed E-state index contributed by atoms with van der Waals surface area (Å²) in [6, 6.07) is 7.31. The summed E-state index contributed by atoms with van der Waals surface area (Å²) in [4.78, 5) is 11.9. The first-order valence-corrected chi connectivity index (χ1v) is 5.60. The van der Waals surface area contributed by atoms with Crippen LogP contribution in [-0.2, 0) is 10.2 Å². The molecule has 1 atom stereocenters. The van der Waals surface area contributed by atoms with Crippen molar-refractivity contribution < 1.29 is 4.79 Å². The van der Waals surface area contributed by atoms with Crippen LogP contribution in [0.4, 0.5) is 0 Å². The highest BCUT2D eigenvalue weighted by atomic mass is 35.5. The molecule has 0 fully saturated rings. The molecule has 1 unspecified atom stereocenters. The largest absolute Gasteiger partial charge is 0.358 e. The van der Waals surface area contributed by atoms with Gasteiger partial charge < -0.3 is 11.1 Å². The number of benzene rings is 1. The Labute approximate surface area is 101 Å². The zero-order valence-electron chi connectivity index (χ0n) is 9.59. The smallest absolute Gasteiger partial charge is 0.230 e. The molecule has 88 valence electrons. The zero-order valence-corrected chi connectivity index (χ0v) is 10.3. The van der Waals surface area contributed by atoms with Crippen LogP contribution in [0.1, 0.15) is 18.9 Å². The Morgan fingerprint density at radius 3 is 2.44 bits per heavy atom. The molecule has 1 amide bonds. The summed E-state index contributed by atoms with van der Waals surface area (Å²) in [5, 5.41) is 3.34. The molecule has 0 radical (unpaired) electrons. The molecule has 0 aliphatic carbocycles. The lowest BCUT2D eigenvalue weighted by Gasteiger charge is -2.27. The van der Waals surface area contributed by atoms with Gasteiger partial charge in [0.25, 0.3) is 0 Å². The molecular weight excluding hydrogens is 224 g/mol. The summed E-state index contributed by atoms with van der Waals surface area (Å²) in [5.41, 5.74) is 5.91. The molecule has 0 aliphatic rings. The van der Waals surface area contributed by atoms with Crippen LogP contribution in [0.3, 0.4) is 0 Å². The minimum absolute atomic E-state index is 0.0275. The first-order chi connectivity index (χ1) is 7.54. The first kappa shape index (κ1) is 13.0. The normalized spacial score (nSPS) is 14.2. The Morgan fingerprint density at radius 2 is 2.00 bits per heavy atom. The summed E-state index contributed by atoms with van der Waals surface area (Å²) < 4.78 is 0. The van der Waals surface area contributed by atoms with Gasteiger partial charge in [0.2, 0.25) is 5.91 Å². The van der Waals surface area contributed by atoms with E-state index >= 15 is 0 Å². The summed E-state index contributed by atoms with van der Waals surface area (Å²) in [5.74, 6) is -0.0275. The molecular formula is C12H17ClN2O. The van der Waals surface area contributed by atoms with Crippen molar-refractivity contribution in [3.8, 4) is 0 Å². The molecule has 1 aromatic rings. The summed E-state index contributed by atoms with van der Waals surface area (Å²) in [7, 11) is 1.63. The lowest BCUT2D eigenvalue weighted by Crippen LogP contribution is -2.42. The molecule has 0 bridgehead atoms. The number of carbonyl (C=O) groups excluding carboxylic acids is 1. The van der Waals surface area contributed by atoms with E-state index in [1.807, 2.05) is 19.1 Å². The quantitative estimate of drug-likeness (QED) is 0.842. The van der Waals surface area contributed by atoms with Gasteiger partial charge in [0.15, 0.2) is 0 Å². The first-order valence-electron chi connectivity index (χ1n) is 5.23. The third kappa shape index (κ3) is 2.54. The van der Waals surface area contributed by atoms with E-state index < -0.39 is 5.41 Å². The summed E-state index contributed by atoms with van der Waals surface area (Å²) >= 11 is 5.83. The van der Waals surface area contributed by atoms with Crippen molar-refractivity contribution >= 4 is 17.5 Å². The molecule has 0 saturated carbocycles. The SMILES string of the molecule is CNC(=O)C(C)(CCN)c1ccc(Cl)cc1. The fourth-order valence-electron chi connectivity index (χ4n) is 1.77. The van der Waals surface area contributed by atoms with Crippen molar-refractivity contribution in [2.75, 3.05) is 13.6 Å². The maximum absolute atomic E-state index is 11.9. The van der Waals surface area contributed by atoms with Crippen molar-refractivity contribution in [2.45, 2.75) is 18.8 Å². The van der Waals surface area contributed by atoms with Gasteiger partial charge in [0, 0.05) is 12.1 Å². The molecule has 1 rings (SSSR count). The third-order valence-electron chi connectivity index (χ3n) is 2.85. The molecule has 0 saturated heterocycles. The monoisotopic (exact) mass is 240 g/mol. The Balaban J connectivity index is 3.10. The number of likely N-dealkylation sites (N-methyl/N-ethyl adjacent to an activating group) is 1. The maximum Gasteiger partial charge on any atom is 0.230 e. The van der Waals surface area contributed by atoms with E-state index in [1.165, 1.54) is 0 Å². The van der Waals surface area contributed by atoms with Gasteiger partial charge in [-0.2, -0.15) is 0 Å². The van der Waals surface area contributed by atoms with Crippen LogP contribution in [0.15, 0.2) is 24.3 Å². The second-order valence-corrected chi connectivity index (χ2v) is 4.39. The fraction of sp³-hybridized carbons (Fsp3) is 0.417. The average Bonchev–Trinajstić information content (AvgIpc) is 2.29. The Morgan fingerprint density at radius 1 is 1.44 bits per heavy atom. The van der Waals surface area contributed by atoms with E-state index in [1.54, 1.807) is 19.2 Å². The molecule has 0 aliphatic heterocycles. The van der Waals surface area contributed by atoms with Gasteiger partial charge in [0.05, 0.1) is 5.41 Å². The molecule has 4 heteroatoms. The van der Waals surface area contributed by atoms with E-state index in [-0.39, 0.29) is 5.91 Å². The number of hydrogen-bond donors (Lipinski definition) is 2. The van der Waals surface area contributed by atoms with Gasteiger partial charge in [-0.3, -0.25) is 4.79 Å². The predicted octanol–water partition coefficient (Wildman–Crippen LogP) is 1.69. The molecule has 3 nitrogen and oxygen atoms in total. The van der Waals surface area contributed by atoms with E-state index in [9.17, 15) is 4.79 Å². The molecule has 3 N–H and O–H groups in total. The molecule has 0 spiro atoms. The topological polar surface area (TPSA) is 55.1 Å². The van der Waals surface area contributed by atoms with Crippen LogP contribution in [-0.4, -0.2) is 19.5 Å². The number of nitrogens with one attached hydrogen (secondary N) is 1. The summed E-state index contributed by atoms with van der Waals surface area (Å²) in [6.07, 6.45) is 0.605. The van der Waals surface area contributed by atoms with Crippen LogP contribution in [0.2, 0.25) is 5.02 Å². The van der Waals surface area contributed by atoms with Gasteiger partial charge in [-0.1, -0.05) is 23.7 Å². The fourth-order valence-corrected chi connectivity index (χ4v) is 1.90. The number of nitrogens with two attached hydrogens (primary N) is 1. The highest BCUT2D eigenvalue weighted by Gasteiger charge is 2.33. The Hall–Kier alpha value is -1.06. The number of halogens is 1.